The lowest BCUT2D eigenvalue weighted by molar-refractivity contribution is 0.0600. The van der Waals surface area contributed by atoms with E-state index in [9.17, 15) is 18.0 Å². The first-order valence-corrected chi connectivity index (χ1v) is 8.47. The molecule has 0 N–H and O–H groups in total. The Hall–Kier alpha value is -3.13. The molecular weight excluding hydrogens is 348 g/mol. The highest BCUT2D eigenvalue weighted by molar-refractivity contribution is 7.87. The molecule has 2 aromatic carbocycles. The lowest BCUT2D eigenvalue weighted by Crippen LogP contribution is -2.10. The van der Waals surface area contributed by atoms with Gasteiger partial charge < -0.3 is 13.3 Å². The van der Waals surface area contributed by atoms with Crippen LogP contribution in [0.4, 0.5) is 0 Å². The molecule has 0 unspecified atom stereocenters. The predicted molar refractivity (Wildman–Crippen MR) is 88.1 cm³/mol. The summed E-state index contributed by atoms with van der Waals surface area (Å²) in [6, 6.07) is 12.3. The van der Waals surface area contributed by atoms with Gasteiger partial charge in [0.25, 0.3) is 0 Å². The highest BCUT2D eigenvalue weighted by Crippen LogP contribution is 2.23. The SMILES string of the molecule is COC(=O)c1cccc(OS(=O)(=O)c2ccc3oc(=O)ccc3c2)c1. The molecule has 0 aliphatic rings. The number of hydrogen-bond donors (Lipinski definition) is 0. The highest BCUT2D eigenvalue weighted by atomic mass is 32.2. The number of methoxy groups -OCH3 is 1. The molecule has 8 heteroatoms. The van der Waals surface area contributed by atoms with Crippen LogP contribution < -0.4 is 9.81 Å². The first kappa shape index (κ1) is 16.7. The Morgan fingerprint density at radius 3 is 2.60 bits per heavy atom. The zero-order valence-electron chi connectivity index (χ0n) is 13.0. The van der Waals surface area contributed by atoms with Crippen LogP contribution in [0.5, 0.6) is 5.75 Å². The van der Waals surface area contributed by atoms with Gasteiger partial charge >= 0.3 is 21.7 Å². The molecule has 0 atom stereocenters. The molecule has 0 saturated carbocycles. The number of esters is 1. The van der Waals surface area contributed by atoms with E-state index in [1.807, 2.05) is 0 Å². The second kappa shape index (κ2) is 6.40. The average molecular weight is 360 g/mol. The topological polar surface area (TPSA) is 99.9 Å². The second-order valence-electron chi connectivity index (χ2n) is 5.01. The van der Waals surface area contributed by atoms with Crippen LogP contribution in [-0.2, 0) is 14.9 Å². The third-order valence-electron chi connectivity index (χ3n) is 3.34. The molecule has 0 aliphatic heterocycles. The van der Waals surface area contributed by atoms with E-state index in [1.54, 1.807) is 0 Å². The predicted octanol–water partition coefficient (Wildman–Crippen LogP) is 2.35. The molecule has 0 bridgehead atoms. The third kappa shape index (κ3) is 3.53. The van der Waals surface area contributed by atoms with Crippen molar-refractivity contribution in [3.05, 3.63) is 70.6 Å². The largest absolute Gasteiger partial charge is 0.465 e. The van der Waals surface area contributed by atoms with Gasteiger partial charge in [-0.3, -0.25) is 0 Å². The molecule has 0 saturated heterocycles. The van der Waals surface area contributed by atoms with Crippen LogP contribution in [0.3, 0.4) is 0 Å². The van der Waals surface area contributed by atoms with E-state index in [0.717, 1.165) is 0 Å². The Bertz CT molecular complexity index is 1110. The van der Waals surface area contributed by atoms with Crippen LogP contribution in [0.15, 0.2) is 68.7 Å². The molecule has 3 rings (SSSR count). The number of ether oxygens (including phenoxy) is 1. The number of carbonyl (C=O) groups is 1. The van der Waals surface area contributed by atoms with Gasteiger partial charge in [-0.2, -0.15) is 8.42 Å². The van der Waals surface area contributed by atoms with Crippen molar-refractivity contribution in [3.63, 3.8) is 0 Å². The number of hydrogen-bond acceptors (Lipinski definition) is 7. The summed E-state index contributed by atoms with van der Waals surface area (Å²) in [6.45, 7) is 0. The van der Waals surface area contributed by atoms with Crippen molar-refractivity contribution in [2.75, 3.05) is 7.11 Å². The Morgan fingerprint density at radius 2 is 1.84 bits per heavy atom. The summed E-state index contributed by atoms with van der Waals surface area (Å²) < 4.78 is 39.5. The molecule has 0 fully saturated rings. The summed E-state index contributed by atoms with van der Waals surface area (Å²) >= 11 is 0. The normalized spacial score (nSPS) is 11.2. The first-order chi connectivity index (χ1) is 11.9. The van der Waals surface area contributed by atoms with Crippen LogP contribution in [-0.4, -0.2) is 21.5 Å². The van der Waals surface area contributed by atoms with Crippen LogP contribution in [0.2, 0.25) is 0 Å². The molecule has 128 valence electrons. The fourth-order valence-corrected chi connectivity index (χ4v) is 3.13. The van der Waals surface area contributed by atoms with Crippen LogP contribution in [0, 0.1) is 0 Å². The minimum absolute atomic E-state index is 0.0254. The van der Waals surface area contributed by atoms with Gasteiger partial charge in [-0.25, -0.2) is 9.59 Å². The molecule has 3 aromatic rings. The molecule has 0 radical (unpaired) electrons. The minimum atomic E-state index is -4.14. The van der Waals surface area contributed by atoms with E-state index in [4.69, 9.17) is 8.60 Å². The van der Waals surface area contributed by atoms with Crippen molar-refractivity contribution < 1.29 is 26.5 Å². The van der Waals surface area contributed by atoms with Crippen LogP contribution >= 0.6 is 0 Å². The average Bonchev–Trinajstić information content (AvgIpc) is 2.60. The Kier molecular flexibility index (Phi) is 4.28. The summed E-state index contributed by atoms with van der Waals surface area (Å²) in [5.41, 5.74) is -0.103. The van der Waals surface area contributed by atoms with Gasteiger partial charge in [-0.15, -0.1) is 0 Å². The van der Waals surface area contributed by atoms with Gasteiger partial charge in [0.15, 0.2) is 0 Å². The zero-order chi connectivity index (χ0) is 18.0. The summed E-state index contributed by atoms with van der Waals surface area (Å²) in [6.07, 6.45) is 0. The van der Waals surface area contributed by atoms with Gasteiger partial charge in [0.05, 0.1) is 12.7 Å². The highest BCUT2D eigenvalue weighted by Gasteiger charge is 2.18. The second-order valence-corrected chi connectivity index (χ2v) is 6.56. The van der Waals surface area contributed by atoms with Crippen LogP contribution in [0.25, 0.3) is 11.0 Å². The number of benzene rings is 2. The summed E-state index contributed by atoms with van der Waals surface area (Å²) in [4.78, 5) is 22.6. The fraction of sp³-hybridized carbons (Fsp3) is 0.0588. The standard InChI is InChI=1S/C17H12O7S/c1-22-17(19)12-3-2-4-13(9-12)24-25(20,21)14-6-7-15-11(10-14)5-8-16(18)23-15/h2-10H,1H3. The summed E-state index contributed by atoms with van der Waals surface area (Å²) in [7, 11) is -2.91. The van der Waals surface area contributed by atoms with E-state index in [-0.39, 0.29) is 21.8 Å². The quantitative estimate of drug-likeness (QED) is 0.400. The van der Waals surface area contributed by atoms with Gasteiger partial charge in [-0.05, 0) is 42.5 Å². The van der Waals surface area contributed by atoms with Gasteiger partial charge in [0.2, 0.25) is 0 Å². The van der Waals surface area contributed by atoms with E-state index < -0.39 is 21.7 Å². The van der Waals surface area contributed by atoms with Crippen molar-refractivity contribution in [3.8, 4) is 5.75 Å². The lowest BCUT2D eigenvalue weighted by atomic mass is 10.2. The maximum Gasteiger partial charge on any atom is 0.339 e. The van der Waals surface area contributed by atoms with Crippen molar-refractivity contribution in [2.24, 2.45) is 0 Å². The van der Waals surface area contributed by atoms with E-state index in [2.05, 4.69) is 4.74 Å². The molecule has 0 spiro atoms. The van der Waals surface area contributed by atoms with Gasteiger partial charge in [0, 0.05) is 11.5 Å². The zero-order valence-corrected chi connectivity index (χ0v) is 13.8. The van der Waals surface area contributed by atoms with Crippen molar-refractivity contribution in [2.45, 2.75) is 4.90 Å². The maximum absolute atomic E-state index is 12.4. The molecule has 0 aliphatic carbocycles. The lowest BCUT2D eigenvalue weighted by Gasteiger charge is -2.08. The molecule has 1 heterocycles. The minimum Gasteiger partial charge on any atom is -0.465 e. The van der Waals surface area contributed by atoms with Crippen molar-refractivity contribution in [1.29, 1.82) is 0 Å². The molecular formula is C17H12O7S. The maximum atomic E-state index is 12.4. The third-order valence-corrected chi connectivity index (χ3v) is 4.58. The van der Waals surface area contributed by atoms with E-state index in [1.165, 1.54) is 61.7 Å². The Balaban J connectivity index is 1.95. The molecule has 25 heavy (non-hydrogen) atoms. The number of rotatable bonds is 4. The van der Waals surface area contributed by atoms with Crippen LogP contribution in [0.1, 0.15) is 10.4 Å². The van der Waals surface area contributed by atoms with Gasteiger partial charge in [-0.1, -0.05) is 6.07 Å². The number of fused-ring (bicyclic) bond motifs is 1. The fourth-order valence-electron chi connectivity index (χ4n) is 2.17. The molecule has 7 nitrogen and oxygen atoms in total. The summed E-state index contributed by atoms with van der Waals surface area (Å²) in [5.74, 6) is -0.633. The smallest absolute Gasteiger partial charge is 0.339 e. The molecule has 1 aromatic heterocycles. The number of carbonyl (C=O) groups excluding carboxylic acids is 1. The first-order valence-electron chi connectivity index (χ1n) is 7.06. The van der Waals surface area contributed by atoms with Gasteiger partial charge in [0.1, 0.15) is 16.2 Å². The molecule has 0 amide bonds. The monoisotopic (exact) mass is 360 g/mol. The van der Waals surface area contributed by atoms with Crippen molar-refractivity contribution in [1.82, 2.24) is 0 Å². The Morgan fingerprint density at radius 1 is 1.04 bits per heavy atom. The Labute approximate surface area is 142 Å². The van der Waals surface area contributed by atoms with Crippen molar-refractivity contribution >= 4 is 27.1 Å². The van der Waals surface area contributed by atoms with E-state index >= 15 is 0 Å². The van der Waals surface area contributed by atoms with E-state index in [0.29, 0.717) is 5.39 Å². The summed E-state index contributed by atoms with van der Waals surface area (Å²) in [5, 5.41) is 0.438.